The molecule has 1 heterocycles. The molecule has 0 aliphatic carbocycles. The van der Waals surface area contributed by atoms with Crippen molar-refractivity contribution in [1.29, 1.82) is 0 Å². The Balaban J connectivity index is 2.32. The van der Waals surface area contributed by atoms with Crippen molar-refractivity contribution in [1.82, 2.24) is 4.98 Å². The van der Waals surface area contributed by atoms with Crippen LogP contribution in [0.25, 0.3) is 0 Å². The van der Waals surface area contributed by atoms with Crippen LogP contribution in [0, 0.1) is 5.92 Å². The lowest BCUT2D eigenvalue weighted by atomic mass is 9.99. The number of rotatable bonds is 7. The van der Waals surface area contributed by atoms with E-state index in [0.717, 1.165) is 23.0 Å². The predicted molar refractivity (Wildman–Crippen MR) is 72.7 cm³/mol. The maximum Gasteiger partial charge on any atom is 0.138 e. The highest BCUT2D eigenvalue weighted by Crippen LogP contribution is 2.12. The summed E-state index contributed by atoms with van der Waals surface area (Å²) in [6.45, 7) is 2.83. The summed E-state index contributed by atoms with van der Waals surface area (Å²) in [5.41, 5.74) is 6.31. The molecule has 0 bridgehead atoms. The third-order valence-electron chi connectivity index (χ3n) is 2.74. The van der Waals surface area contributed by atoms with Crippen molar-refractivity contribution in [2.24, 2.45) is 11.7 Å². The Morgan fingerprint density at radius 1 is 1.47 bits per heavy atom. The topological polar surface area (TPSA) is 56.0 Å². The molecule has 0 saturated heterocycles. The van der Waals surface area contributed by atoms with Crippen molar-refractivity contribution >= 4 is 21.7 Å². The molecular formula is C13H19BrN2O. The number of nitrogens with zero attached hydrogens (tertiary/aromatic N) is 1. The summed E-state index contributed by atoms with van der Waals surface area (Å²) in [7, 11) is 0. The highest BCUT2D eigenvalue weighted by molar-refractivity contribution is 9.10. The summed E-state index contributed by atoms with van der Waals surface area (Å²) in [6, 6.07) is 3.79. The molecule has 1 unspecified atom stereocenters. The molecule has 0 fully saturated rings. The number of pyridine rings is 1. The lowest BCUT2D eigenvalue weighted by Gasteiger charge is -2.08. The second kappa shape index (κ2) is 7.56. The summed E-state index contributed by atoms with van der Waals surface area (Å²) in [6.07, 6.45) is 4.69. The van der Waals surface area contributed by atoms with E-state index >= 15 is 0 Å². The molecule has 0 radical (unpaired) electrons. The van der Waals surface area contributed by atoms with Gasteiger partial charge in [-0.05, 0) is 53.4 Å². The number of aromatic nitrogens is 1. The quantitative estimate of drug-likeness (QED) is 0.842. The van der Waals surface area contributed by atoms with Gasteiger partial charge in [0.25, 0.3) is 0 Å². The first-order valence-electron chi connectivity index (χ1n) is 5.94. The van der Waals surface area contributed by atoms with Gasteiger partial charge in [-0.3, -0.25) is 9.78 Å². The molecule has 1 atom stereocenters. The van der Waals surface area contributed by atoms with Gasteiger partial charge in [0.05, 0.1) is 0 Å². The van der Waals surface area contributed by atoms with Crippen LogP contribution < -0.4 is 5.73 Å². The molecule has 1 aromatic rings. The van der Waals surface area contributed by atoms with Crippen LogP contribution in [0.2, 0.25) is 0 Å². The minimum absolute atomic E-state index is 0.253. The third kappa shape index (κ3) is 5.94. The molecule has 0 aliphatic rings. The zero-order valence-electron chi connectivity index (χ0n) is 10.2. The van der Waals surface area contributed by atoms with Crippen molar-refractivity contribution in [2.45, 2.75) is 32.6 Å². The predicted octanol–water partition coefficient (Wildman–Crippen LogP) is 2.72. The first-order chi connectivity index (χ1) is 8.11. The SMILES string of the molecule is CC(CCN)CCC(=O)Cc1ccc(Br)cn1. The van der Waals surface area contributed by atoms with E-state index in [1.165, 1.54) is 0 Å². The van der Waals surface area contributed by atoms with E-state index in [-0.39, 0.29) is 5.78 Å². The normalized spacial score (nSPS) is 12.4. The van der Waals surface area contributed by atoms with E-state index in [9.17, 15) is 4.79 Å². The first kappa shape index (κ1) is 14.3. The highest BCUT2D eigenvalue weighted by atomic mass is 79.9. The van der Waals surface area contributed by atoms with Gasteiger partial charge in [-0.2, -0.15) is 0 Å². The number of carbonyl (C=O) groups excluding carboxylic acids is 1. The van der Waals surface area contributed by atoms with E-state index in [2.05, 4.69) is 27.8 Å². The molecule has 0 aliphatic heterocycles. The van der Waals surface area contributed by atoms with Crippen LogP contribution in [0.4, 0.5) is 0 Å². The zero-order valence-corrected chi connectivity index (χ0v) is 11.7. The number of carbonyl (C=O) groups is 1. The Morgan fingerprint density at radius 2 is 2.24 bits per heavy atom. The van der Waals surface area contributed by atoms with Crippen LogP contribution in [0.5, 0.6) is 0 Å². The molecule has 2 N–H and O–H groups in total. The zero-order chi connectivity index (χ0) is 12.7. The number of ketones is 1. The Kier molecular flexibility index (Phi) is 6.37. The fraction of sp³-hybridized carbons (Fsp3) is 0.538. The van der Waals surface area contributed by atoms with Gasteiger partial charge in [-0.25, -0.2) is 0 Å². The fourth-order valence-corrected chi connectivity index (χ4v) is 1.87. The Bertz CT molecular complexity index is 351. The second-order valence-electron chi connectivity index (χ2n) is 4.40. The first-order valence-corrected chi connectivity index (χ1v) is 6.73. The Hall–Kier alpha value is -0.740. The van der Waals surface area contributed by atoms with Crippen molar-refractivity contribution in [2.75, 3.05) is 6.54 Å². The smallest absolute Gasteiger partial charge is 0.138 e. The van der Waals surface area contributed by atoms with Crippen LogP contribution in [-0.4, -0.2) is 17.3 Å². The van der Waals surface area contributed by atoms with E-state index in [4.69, 9.17) is 5.73 Å². The molecule has 17 heavy (non-hydrogen) atoms. The molecule has 0 amide bonds. The molecule has 0 saturated carbocycles. The average Bonchev–Trinajstić information content (AvgIpc) is 2.30. The summed E-state index contributed by atoms with van der Waals surface area (Å²) < 4.78 is 0.935. The summed E-state index contributed by atoms with van der Waals surface area (Å²) in [5, 5.41) is 0. The Labute approximate surface area is 111 Å². The van der Waals surface area contributed by atoms with E-state index < -0.39 is 0 Å². The number of hydrogen-bond acceptors (Lipinski definition) is 3. The van der Waals surface area contributed by atoms with E-state index in [1.807, 2.05) is 12.1 Å². The standard InChI is InChI=1S/C13H19BrN2O/c1-10(6-7-15)2-5-13(17)8-12-4-3-11(14)9-16-12/h3-4,9-10H,2,5-8,15H2,1H3. The van der Waals surface area contributed by atoms with Gasteiger partial charge in [-0.1, -0.05) is 6.92 Å². The van der Waals surface area contributed by atoms with Gasteiger partial charge in [0, 0.05) is 29.2 Å². The van der Waals surface area contributed by atoms with E-state index in [1.54, 1.807) is 6.20 Å². The molecule has 0 spiro atoms. The van der Waals surface area contributed by atoms with Gasteiger partial charge in [-0.15, -0.1) is 0 Å². The van der Waals surface area contributed by atoms with Crippen molar-refractivity contribution in [3.8, 4) is 0 Å². The van der Waals surface area contributed by atoms with Gasteiger partial charge in [0.2, 0.25) is 0 Å². The molecule has 0 aromatic carbocycles. The lowest BCUT2D eigenvalue weighted by molar-refractivity contribution is -0.118. The minimum atomic E-state index is 0.253. The monoisotopic (exact) mass is 298 g/mol. The molecular weight excluding hydrogens is 280 g/mol. The maximum absolute atomic E-state index is 11.7. The molecule has 94 valence electrons. The number of nitrogens with two attached hydrogens (primary N) is 1. The number of hydrogen-bond donors (Lipinski definition) is 1. The van der Waals surface area contributed by atoms with Gasteiger partial charge < -0.3 is 5.73 Å². The van der Waals surface area contributed by atoms with Crippen molar-refractivity contribution < 1.29 is 4.79 Å². The summed E-state index contributed by atoms with van der Waals surface area (Å²) in [4.78, 5) is 15.9. The molecule has 3 nitrogen and oxygen atoms in total. The van der Waals surface area contributed by atoms with Crippen LogP contribution >= 0.6 is 15.9 Å². The van der Waals surface area contributed by atoms with Crippen LogP contribution in [0.1, 0.15) is 31.9 Å². The van der Waals surface area contributed by atoms with E-state index in [0.29, 0.717) is 25.3 Å². The van der Waals surface area contributed by atoms with Crippen LogP contribution in [-0.2, 0) is 11.2 Å². The second-order valence-corrected chi connectivity index (χ2v) is 5.32. The molecule has 1 rings (SSSR count). The Morgan fingerprint density at radius 3 is 2.82 bits per heavy atom. The number of Topliss-reactive ketones (excluding diaryl/α,β-unsaturated/α-hetero) is 1. The van der Waals surface area contributed by atoms with Crippen LogP contribution in [0.15, 0.2) is 22.8 Å². The van der Waals surface area contributed by atoms with Gasteiger partial charge in [0.15, 0.2) is 0 Å². The van der Waals surface area contributed by atoms with Crippen molar-refractivity contribution in [3.63, 3.8) is 0 Å². The summed E-state index contributed by atoms with van der Waals surface area (Å²) >= 11 is 3.32. The molecule has 4 heteroatoms. The fourth-order valence-electron chi connectivity index (χ4n) is 1.64. The third-order valence-corrected chi connectivity index (χ3v) is 3.21. The van der Waals surface area contributed by atoms with Gasteiger partial charge in [0.1, 0.15) is 5.78 Å². The lowest BCUT2D eigenvalue weighted by Crippen LogP contribution is -2.09. The summed E-state index contributed by atoms with van der Waals surface area (Å²) in [5.74, 6) is 0.783. The van der Waals surface area contributed by atoms with Gasteiger partial charge >= 0.3 is 0 Å². The average molecular weight is 299 g/mol. The molecule has 1 aromatic heterocycles. The highest BCUT2D eigenvalue weighted by Gasteiger charge is 2.08. The van der Waals surface area contributed by atoms with Crippen molar-refractivity contribution in [3.05, 3.63) is 28.5 Å². The maximum atomic E-state index is 11.7. The number of halogens is 1. The van der Waals surface area contributed by atoms with Crippen LogP contribution in [0.3, 0.4) is 0 Å². The largest absolute Gasteiger partial charge is 0.330 e. The minimum Gasteiger partial charge on any atom is -0.330 e.